The minimum Gasteiger partial charge on any atom is -0.494 e. The highest BCUT2D eigenvalue weighted by Crippen LogP contribution is 2.22. The molecule has 0 spiro atoms. The number of fused-ring (bicyclic) bond motifs is 1. The molecule has 1 N–H and O–H groups in total. The predicted octanol–water partition coefficient (Wildman–Crippen LogP) is 6.26. The molecular weight excluding hydrogens is 410 g/mol. The molecule has 1 atom stereocenters. The Morgan fingerprint density at radius 2 is 1.82 bits per heavy atom. The van der Waals surface area contributed by atoms with Crippen LogP contribution in [0.3, 0.4) is 0 Å². The molecular formula is C28H39N3O2. The molecule has 5 nitrogen and oxygen atoms in total. The van der Waals surface area contributed by atoms with Gasteiger partial charge in [-0.2, -0.15) is 0 Å². The summed E-state index contributed by atoms with van der Waals surface area (Å²) in [5.74, 6) is 2.76. The maximum atomic E-state index is 11.0. The van der Waals surface area contributed by atoms with Crippen molar-refractivity contribution < 1.29 is 9.53 Å². The number of unbranched alkanes of at least 4 members (excludes halogenated alkanes) is 3. The van der Waals surface area contributed by atoms with Gasteiger partial charge in [0.15, 0.2) is 0 Å². The number of nitrogens with zero attached hydrogens (tertiary/aromatic N) is 2. The number of benzene rings is 2. The normalized spacial score (nSPS) is 12.1. The lowest BCUT2D eigenvalue weighted by Crippen LogP contribution is -2.20. The Bertz CT molecular complexity index is 994. The van der Waals surface area contributed by atoms with Gasteiger partial charge in [0, 0.05) is 26.4 Å². The zero-order valence-corrected chi connectivity index (χ0v) is 20.5. The molecule has 33 heavy (non-hydrogen) atoms. The van der Waals surface area contributed by atoms with Crippen LogP contribution in [-0.4, -0.2) is 28.6 Å². The SMILES string of the molecule is CCC(C)c1ccc(OCCCCn2c(CCCCCNC(C)=O)nc3ccccc32)cc1. The number of carbonyl (C=O) groups is 1. The first kappa shape index (κ1) is 24.8. The van der Waals surface area contributed by atoms with Crippen molar-refractivity contribution in [2.75, 3.05) is 13.2 Å². The van der Waals surface area contributed by atoms with E-state index in [-0.39, 0.29) is 5.91 Å². The summed E-state index contributed by atoms with van der Waals surface area (Å²) in [7, 11) is 0. The first-order valence-corrected chi connectivity index (χ1v) is 12.5. The Labute approximate surface area is 198 Å². The minimum absolute atomic E-state index is 0.0453. The summed E-state index contributed by atoms with van der Waals surface area (Å²) < 4.78 is 8.35. The molecule has 0 bridgehead atoms. The van der Waals surface area contributed by atoms with E-state index in [0.29, 0.717) is 5.92 Å². The van der Waals surface area contributed by atoms with Crippen LogP contribution in [0, 0.1) is 0 Å². The van der Waals surface area contributed by atoms with Gasteiger partial charge in [0.1, 0.15) is 11.6 Å². The van der Waals surface area contributed by atoms with Crippen LogP contribution in [0.15, 0.2) is 48.5 Å². The Balaban J connectivity index is 1.46. The first-order valence-electron chi connectivity index (χ1n) is 12.5. The monoisotopic (exact) mass is 449 g/mol. The zero-order chi connectivity index (χ0) is 23.5. The second-order valence-electron chi connectivity index (χ2n) is 8.90. The van der Waals surface area contributed by atoms with Gasteiger partial charge in [-0.3, -0.25) is 4.79 Å². The lowest BCUT2D eigenvalue weighted by molar-refractivity contribution is -0.118. The number of aryl methyl sites for hydroxylation is 2. The van der Waals surface area contributed by atoms with E-state index in [1.165, 1.54) is 11.1 Å². The Morgan fingerprint density at radius 1 is 1.03 bits per heavy atom. The molecule has 0 radical (unpaired) electrons. The number of ether oxygens (including phenoxy) is 1. The topological polar surface area (TPSA) is 56.1 Å². The van der Waals surface area contributed by atoms with E-state index in [1.807, 2.05) is 0 Å². The van der Waals surface area contributed by atoms with Crippen LogP contribution in [0.1, 0.15) is 76.6 Å². The van der Waals surface area contributed by atoms with Crippen molar-refractivity contribution in [1.29, 1.82) is 0 Å². The fourth-order valence-corrected chi connectivity index (χ4v) is 4.11. The van der Waals surface area contributed by atoms with Crippen molar-refractivity contribution in [3.8, 4) is 5.75 Å². The maximum Gasteiger partial charge on any atom is 0.216 e. The second-order valence-corrected chi connectivity index (χ2v) is 8.90. The van der Waals surface area contributed by atoms with E-state index in [4.69, 9.17) is 9.72 Å². The lowest BCUT2D eigenvalue weighted by Gasteiger charge is -2.12. The molecule has 0 saturated heterocycles. The molecule has 0 aliphatic rings. The molecule has 0 saturated carbocycles. The van der Waals surface area contributed by atoms with Gasteiger partial charge in [0.2, 0.25) is 5.91 Å². The average molecular weight is 450 g/mol. The fourth-order valence-electron chi connectivity index (χ4n) is 4.11. The average Bonchev–Trinajstić information content (AvgIpc) is 3.18. The number of imidazole rings is 1. The van der Waals surface area contributed by atoms with Gasteiger partial charge in [-0.1, -0.05) is 44.5 Å². The van der Waals surface area contributed by atoms with E-state index >= 15 is 0 Å². The fraction of sp³-hybridized carbons (Fsp3) is 0.500. The number of para-hydroxylation sites is 2. The third-order valence-corrected chi connectivity index (χ3v) is 6.29. The highest BCUT2D eigenvalue weighted by Gasteiger charge is 2.10. The van der Waals surface area contributed by atoms with Gasteiger partial charge in [-0.25, -0.2) is 4.98 Å². The third kappa shape index (κ3) is 7.62. The minimum atomic E-state index is 0.0453. The molecule has 2 aromatic carbocycles. The molecule has 0 fully saturated rings. The smallest absolute Gasteiger partial charge is 0.216 e. The van der Waals surface area contributed by atoms with Gasteiger partial charge >= 0.3 is 0 Å². The van der Waals surface area contributed by atoms with Crippen LogP contribution >= 0.6 is 0 Å². The van der Waals surface area contributed by atoms with Crippen LogP contribution in [-0.2, 0) is 17.8 Å². The summed E-state index contributed by atoms with van der Waals surface area (Å²) in [5, 5.41) is 2.87. The molecule has 1 heterocycles. The Kier molecular flexibility index (Phi) is 9.79. The molecule has 0 aliphatic heterocycles. The van der Waals surface area contributed by atoms with Crippen LogP contribution in [0.5, 0.6) is 5.75 Å². The zero-order valence-electron chi connectivity index (χ0n) is 20.5. The van der Waals surface area contributed by atoms with Crippen molar-refractivity contribution in [2.24, 2.45) is 0 Å². The molecule has 3 rings (SSSR count). The number of hydrogen-bond donors (Lipinski definition) is 1. The quantitative estimate of drug-likeness (QED) is 0.296. The van der Waals surface area contributed by atoms with Crippen LogP contribution in [0.2, 0.25) is 0 Å². The van der Waals surface area contributed by atoms with Gasteiger partial charge in [0.05, 0.1) is 17.6 Å². The van der Waals surface area contributed by atoms with E-state index in [1.54, 1.807) is 6.92 Å². The Hall–Kier alpha value is -2.82. The second kappa shape index (κ2) is 13.0. The van der Waals surface area contributed by atoms with Gasteiger partial charge in [-0.15, -0.1) is 0 Å². The predicted molar refractivity (Wildman–Crippen MR) is 136 cm³/mol. The number of nitrogens with one attached hydrogen (secondary N) is 1. The standard InChI is InChI=1S/C28H39N3O2/c1-4-22(2)24-15-17-25(18-16-24)33-21-11-10-20-31-27-13-8-7-12-26(27)30-28(31)14-6-5-9-19-29-23(3)32/h7-8,12-13,15-18,22H,4-6,9-11,14,19-21H2,1-3H3,(H,29,32). The van der Waals surface area contributed by atoms with Crippen molar-refractivity contribution in [3.63, 3.8) is 0 Å². The summed E-state index contributed by atoms with van der Waals surface area (Å²) in [4.78, 5) is 15.9. The highest BCUT2D eigenvalue weighted by atomic mass is 16.5. The lowest BCUT2D eigenvalue weighted by atomic mass is 9.99. The molecule has 3 aromatic rings. The number of hydrogen-bond acceptors (Lipinski definition) is 3. The van der Waals surface area contributed by atoms with Crippen LogP contribution in [0.25, 0.3) is 11.0 Å². The highest BCUT2D eigenvalue weighted by molar-refractivity contribution is 5.75. The molecule has 5 heteroatoms. The van der Waals surface area contributed by atoms with Crippen molar-refractivity contribution in [1.82, 2.24) is 14.9 Å². The number of carbonyl (C=O) groups excluding carboxylic acids is 1. The number of aromatic nitrogens is 2. The molecule has 1 amide bonds. The summed E-state index contributed by atoms with van der Waals surface area (Å²) >= 11 is 0. The van der Waals surface area contributed by atoms with Gasteiger partial charge in [0.25, 0.3) is 0 Å². The van der Waals surface area contributed by atoms with E-state index < -0.39 is 0 Å². The third-order valence-electron chi connectivity index (χ3n) is 6.29. The van der Waals surface area contributed by atoms with Crippen LogP contribution < -0.4 is 10.1 Å². The molecule has 1 aromatic heterocycles. The van der Waals surface area contributed by atoms with E-state index in [9.17, 15) is 4.79 Å². The van der Waals surface area contributed by atoms with Gasteiger partial charge < -0.3 is 14.6 Å². The molecule has 178 valence electrons. The van der Waals surface area contributed by atoms with Crippen molar-refractivity contribution in [3.05, 3.63) is 59.9 Å². The maximum absolute atomic E-state index is 11.0. The van der Waals surface area contributed by atoms with Gasteiger partial charge in [-0.05, 0) is 67.9 Å². The van der Waals surface area contributed by atoms with Crippen LogP contribution in [0.4, 0.5) is 0 Å². The Morgan fingerprint density at radius 3 is 2.58 bits per heavy atom. The molecule has 0 aliphatic carbocycles. The molecule has 1 unspecified atom stereocenters. The summed E-state index contributed by atoms with van der Waals surface area (Å²) in [6.45, 7) is 8.49. The first-order chi connectivity index (χ1) is 16.1. The van der Waals surface area contributed by atoms with E-state index in [0.717, 1.165) is 81.7 Å². The van der Waals surface area contributed by atoms with Crippen molar-refractivity contribution >= 4 is 16.9 Å². The van der Waals surface area contributed by atoms with E-state index in [2.05, 4.69) is 72.3 Å². The summed E-state index contributed by atoms with van der Waals surface area (Å²) in [5.41, 5.74) is 3.66. The number of rotatable bonds is 14. The number of amides is 1. The van der Waals surface area contributed by atoms with Crippen molar-refractivity contribution in [2.45, 2.75) is 78.2 Å². The summed E-state index contributed by atoms with van der Waals surface area (Å²) in [6, 6.07) is 17.0. The summed E-state index contributed by atoms with van der Waals surface area (Å²) in [6.07, 6.45) is 7.37. The largest absolute Gasteiger partial charge is 0.494 e.